The van der Waals surface area contributed by atoms with Gasteiger partial charge in [0.15, 0.2) is 0 Å². The van der Waals surface area contributed by atoms with Crippen LogP contribution in [0.4, 0.5) is 0 Å². The van der Waals surface area contributed by atoms with Gasteiger partial charge in [0.2, 0.25) is 0 Å². The summed E-state index contributed by atoms with van der Waals surface area (Å²) in [5, 5.41) is 12.4. The molecule has 2 aromatic carbocycles. The summed E-state index contributed by atoms with van der Waals surface area (Å²) in [6, 6.07) is 12.4. The first kappa shape index (κ1) is 16.3. The van der Waals surface area contributed by atoms with Crippen LogP contribution in [0.2, 0.25) is 10.0 Å². The zero-order chi connectivity index (χ0) is 16.1. The zero-order valence-corrected chi connectivity index (χ0v) is 12.9. The number of aliphatic carboxylic acids is 1. The van der Waals surface area contributed by atoms with Crippen molar-refractivity contribution in [2.75, 3.05) is 0 Å². The second-order valence-electron chi connectivity index (χ2n) is 4.71. The number of rotatable bonds is 5. The molecule has 1 amide bonds. The van der Waals surface area contributed by atoms with Gasteiger partial charge in [0.25, 0.3) is 5.91 Å². The lowest BCUT2D eigenvalue weighted by molar-refractivity contribution is -0.139. The highest BCUT2D eigenvalue weighted by Crippen LogP contribution is 2.19. The molecule has 0 unspecified atom stereocenters. The number of halogens is 2. The van der Waals surface area contributed by atoms with Crippen LogP contribution < -0.4 is 5.32 Å². The molecule has 0 saturated heterocycles. The molecule has 2 N–H and O–H groups in total. The maximum atomic E-state index is 12.2. The molecule has 4 nitrogen and oxygen atoms in total. The molecule has 0 aromatic heterocycles. The molecule has 0 aliphatic rings. The Morgan fingerprint density at radius 1 is 1.05 bits per heavy atom. The van der Waals surface area contributed by atoms with Crippen LogP contribution in [0.1, 0.15) is 15.9 Å². The van der Waals surface area contributed by atoms with Gasteiger partial charge < -0.3 is 10.4 Å². The molecule has 0 aliphatic heterocycles. The molecule has 2 aromatic rings. The molecular weight excluding hydrogens is 325 g/mol. The first-order chi connectivity index (χ1) is 10.5. The number of nitrogens with one attached hydrogen (secondary N) is 1. The van der Waals surface area contributed by atoms with Crippen LogP contribution in [0.15, 0.2) is 48.5 Å². The van der Waals surface area contributed by atoms with Gasteiger partial charge in [-0.15, -0.1) is 0 Å². The minimum atomic E-state index is -1.11. The summed E-state index contributed by atoms with van der Waals surface area (Å²) < 4.78 is 0. The van der Waals surface area contributed by atoms with Gasteiger partial charge in [-0.3, -0.25) is 4.79 Å². The molecule has 0 spiro atoms. The van der Waals surface area contributed by atoms with Gasteiger partial charge in [0, 0.05) is 22.0 Å². The smallest absolute Gasteiger partial charge is 0.326 e. The molecule has 0 heterocycles. The topological polar surface area (TPSA) is 66.4 Å². The molecule has 114 valence electrons. The first-order valence-electron chi connectivity index (χ1n) is 6.49. The third kappa shape index (κ3) is 4.48. The Bertz CT molecular complexity index is 669. The normalized spacial score (nSPS) is 11.7. The fraction of sp³-hybridized carbons (Fsp3) is 0.125. The monoisotopic (exact) mass is 337 g/mol. The molecule has 0 bridgehead atoms. The highest BCUT2D eigenvalue weighted by atomic mass is 35.5. The molecular formula is C16H13Cl2NO3. The Morgan fingerprint density at radius 2 is 1.64 bits per heavy atom. The van der Waals surface area contributed by atoms with Crippen molar-refractivity contribution in [3.05, 3.63) is 69.7 Å². The van der Waals surface area contributed by atoms with Crippen LogP contribution in [0.3, 0.4) is 0 Å². The summed E-state index contributed by atoms with van der Waals surface area (Å²) in [4.78, 5) is 23.5. The van der Waals surface area contributed by atoms with Gasteiger partial charge in [-0.05, 0) is 23.8 Å². The third-order valence-corrected chi connectivity index (χ3v) is 3.45. The number of amides is 1. The lowest BCUT2D eigenvalue weighted by Gasteiger charge is -2.15. The minimum absolute atomic E-state index is 0.191. The van der Waals surface area contributed by atoms with Crippen molar-refractivity contribution >= 4 is 35.1 Å². The van der Waals surface area contributed by atoms with E-state index in [1.807, 2.05) is 18.2 Å². The highest BCUT2D eigenvalue weighted by molar-refractivity contribution is 6.35. The van der Waals surface area contributed by atoms with Crippen molar-refractivity contribution in [2.24, 2.45) is 0 Å². The second-order valence-corrected chi connectivity index (χ2v) is 5.59. The molecule has 0 fully saturated rings. The average Bonchev–Trinajstić information content (AvgIpc) is 2.46. The Labute approximate surface area is 137 Å². The second kappa shape index (κ2) is 7.29. The van der Waals surface area contributed by atoms with E-state index in [1.165, 1.54) is 18.2 Å². The lowest BCUT2D eigenvalue weighted by Crippen LogP contribution is -2.42. The Hall–Kier alpha value is -2.04. The van der Waals surface area contributed by atoms with Gasteiger partial charge in [-0.2, -0.15) is 0 Å². The summed E-state index contributed by atoms with van der Waals surface area (Å²) in [6.07, 6.45) is 0.191. The summed E-state index contributed by atoms with van der Waals surface area (Å²) in [6.45, 7) is 0. The summed E-state index contributed by atoms with van der Waals surface area (Å²) in [5.41, 5.74) is 1.04. The number of carboxylic acid groups (broad SMARTS) is 1. The Balaban J connectivity index is 2.13. The predicted molar refractivity (Wildman–Crippen MR) is 85.5 cm³/mol. The maximum Gasteiger partial charge on any atom is 0.326 e. The van der Waals surface area contributed by atoms with Gasteiger partial charge in [-0.1, -0.05) is 53.5 Å². The standard InChI is InChI=1S/C16H13Cl2NO3/c17-12-7-11(8-13(18)9-12)15(20)19-14(16(21)22)6-10-4-2-1-3-5-10/h1-5,7-9,14H,6H2,(H,19,20)(H,21,22)/t14-/m1/s1. The van der Waals surface area contributed by atoms with E-state index in [9.17, 15) is 14.7 Å². The highest BCUT2D eigenvalue weighted by Gasteiger charge is 2.21. The van der Waals surface area contributed by atoms with Gasteiger partial charge in [-0.25, -0.2) is 4.79 Å². The minimum Gasteiger partial charge on any atom is -0.480 e. The molecule has 22 heavy (non-hydrogen) atoms. The van der Waals surface area contributed by atoms with Crippen LogP contribution >= 0.6 is 23.2 Å². The van der Waals surface area contributed by atoms with Gasteiger partial charge in [0.1, 0.15) is 6.04 Å². The van der Waals surface area contributed by atoms with Crippen molar-refractivity contribution < 1.29 is 14.7 Å². The zero-order valence-electron chi connectivity index (χ0n) is 11.4. The first-order valence-corrected chi connectivity index (χ1v) is 7.25. The van der Waals surface area contributed by atoms with E-state index in [4.69, 9.17) is 23.2 Å². The summed E-state index contributed by atoms with van der Waals surface area (Å²) in [7, 11) is 0. The fourth-order valence-corrected chi connectivity index (χ4v) is 2.50. The molecule has 6 heteroatoms. The number of carbonyl (C=O) groups is 2. The summed E-state index contributed by atoms with van der Waals surface area (Å²) >= 11 is 11.7. The van der Waals surface area contributed by atoms with Crippen LogP contribution in [0, 0.1) is 0 Å². The van der Waals surface area contributed by atoms with Crippen LogP contribution in [0.5, 0.6) is 0 Å². The average molecular weight is 338 g/mol. The van der Waals surface area contributed by atoms with E-state index >= 15 is 0 Å². The number of hydrogen-bond acceptors (Lipinski definition) is 2. The van der Waals surface area contributed by atoms with E-state index in [0.29, 0.717) is 10.0 Å². The van der Waals surface area contributed by atoms with E-state index in [-0.39, 0.29) is 12.0 Å². The van der Waals surface area contributed by atoms with E-state index in [0.717, 1.165) is 5.56 Å². The molecule has 0 aliphatic carbocycles. The van der Waals surface area contributed by atoms with Crippen molar-refractivity contribution in [3.8, 4) is 0 Å². The molecule has 2 rings (SSSR count). The third-order valence-electron chi connectivity index (χ3n) is 3.01. The predicted octanol–water partition coefficient (Wildman–Crippen LogP) is 3.42. The number of benzene rings is 2. The van der Waals surface area contributed by atoms with Gasteiger partial charge in [0.05, 0.1) is 0 Å². The van der Waals surface area contributed by atoms with Crippen molar-refractivity contribution in [3.63, 3.8) is 0 Å². The molecule has 1 atom stereocenters. The van der Waals surface area contributed by atoms with E-state index in [1.54, 1.807) is 12.1 Å². The van der Waals surface area contributed by atoms with Crippen molar-refractivity contribution in [2.45, 2.75) is 12.5 Å². The molecule has 0 radical (unpaired) electrons. The Kier molecular flexibility index (Phi) is 5.41. The SMILES string of the molecule is O=C(N[C@H](Cc1ccccc1)C(=O)O)c1cc(Cl)cc(Cl)c1. The molecule has 0 saturated carbocycles. The number of carboxylic acids is 1. The van der Waals surface area contributed by atoms with Crippen LogP contribution in [0.25, 0.3) is 0 Å². The van der Waals surface area contributed by atoms with Crippen LogP contribution in [-0.2, 0) is 11.2 Å². The van der Waals surface area contributed by atoms with E-state index in [2.05, 4.69) is 5.32 Å². The number of carbonyl (C=O) groups excluding carboxylic acids is 1. The van der Waals surface area contributed by atoms with Gasteiger partial charge >= 0.3 is 5.97 Å². The Morgan fingerprint density at radius 3 is 2.18 bits per heavy atom. The van der Waals surface area contributed by atoms with Crippen molar-refractivity contribution in [1.29, 1.82) is 0 Å². The fourth-order valence-electron chi connectivity index (χ4n) is 1.98. The van der Waals surface area contributed by atoms with E-state index < -0.39 is 17.9 Å². The number of hydrogen-bond donors (Lipinski definition) is 2. The summed E-state index contributed by atoms with van der Waals surface area (Å²) in [5.74, 6) is -1.64. The largest absolute Gasteiger partial charge is 0.480 e. The van der Waals surface area contributed by atoms with Crippen molar-refractivity contribution in [1.82, 2.24) is 5.32 Å². The maximum absolute atomic E-state index is 12.2. The lowest BCUT2D eigenvalue weighted by atomic mass is 10.1. The van der Waals surface area contributed by atoms with Crippen LogP contribution in [-0.4, -0.2) is 23.0 Å². The quantitative estimate of drug-likeness (QED) is 0.878.